The van der Waals surface area contributed by atoms with Gasteiger partial charge in [0.15, 0.2) is 0 Å². The van der Waals surface area contributed by atoms with Crippen LogP contribution in [0.15, 0.2) is 18.2 Å². The van der Waals surface area contributed by atoms with E-state index in [0.29, 0.717) is 24.2 Å². The highest BCUT2D eigenvalue weighted by molar-refractivity contribution is 5.73. The summed E-state index contributed by atoms with van der Waals surface area (Å²) < 4.78 is 13.7. The predicted octanol–water partition coefficient (Wildman–Crippen LogP) is 1.07. The lowest BCUT2D eigenvalue weighted by molar-refractivity contribution is 0.237. The minimum absolute atomic E-state index is 0.0392. The van der Waals surface area contributed by atoms with Crippen LogP contribution in [0.2, 0.25) is 0 Å². The van der Waals surface area contributed by atoms with E-state index in [4.69, 9.17) is 5.11 Å². The van der Waals surface area contributed by atoms with E-state index in [2.05, 4.69) is 10.6 Å². The number of hydrogen-bond acceptors (Lipinski definition) is 3. The molecular formula is C13H20FN3O2. The molecule has 106 valence electrons. The predicted molar refractivity (Wildman–Crippen MR) is 72.7 cm³/mol. The first-order valence-electron chi connectivity index (χ1n) is 6.13. The topological polar surface area (TPSA) is 64.6 Å². The number of benzene rings is 1. The van der Waals surface area contributed by atoms with Crippen molar-refractivity contribution in [3.05, 3.63) is 29.6 Å². The summed E-state index contributed by atoms with van der Waals surface area (Å²) in [7, 11) is 3.54. The first kappa shape index (κ1) is 15.2. The highest BCUT2D eigenvalue weighted by atomic mass is 19.1. The molecule has 1 aromatic carbocycles. The number of halogens is 1. The molecule has 0 spiro atoms. The van der Waals surface area contributed by atoms with E-state index < -0.39 is 0 Å². The minimum atomic E-state index is -0.328. The molecule has 1 rings (SSSR count). The van der Waals surface area contributed by atoms with Crippen LogP contribution in [0.25, 0.3) is 0 Å². The Labute approximate surface area is 112 Å². The Hall–Kier alpha value is -1.82. The quantitative estimate of drug-likeness (QED) is 0.677. The SMILES string of the molecule is CN(C)c1ccc(CNC(=O)NCCCO)cc1F. The lowest BCUT2D eigenvalue weighted by atomic mass is 10.2. The van der Waals surface area contributed by atoms with Crippen molar-refractivity contribution in [1.29, 1.82) is 0 Å². The number of nitrogens with one attached hydrogen (secondary N) is 2. The Balaban J connectivity index is 2.45. The molecule has 0 heterocycles. The van der Waals surface area contributed by atoms with Crippen LogP contribution in [0, 0.1) is 5.82 Å². The van der Waals surface area contributed by atoms with Crippen molar-refractivity contribution in [3.8, 4) is 0 Å². The van der Waals surface area contributed by atoms with Crippen LogP contribution in [0.1, 0.15) is 12.0 Å². The van der Waals surface area contributed by atoms with Crippen LogP contribution >= 0.6 is 0 Å². The lowest BCUT2D eigenvalue weighted by Crippen LogP contribution is -2.35. The van der Waals surface area contributed by atoms with E-state index >= 15 is 0 Å². The van der Waals surface area contributed by atoms with Crippen LogP contribution in [0.4, 0.5) is 14.9 Å². The Morgan fingerprint density at radius 1 is 1.37 bits per heavy atom. The number of amides is 2. The Kier molecular flexibility index (Phi) is 6.08. The van der Waals surface area contributed by atoms with Gasteiger partial charge in [-0.2, -0.15) is 0 Å². The summed E-state index contributed by atoms with van der Waals surface area (Å²) in [6, 6.07) is 4.52. The average Bonchev–Trinajstić information content (AvgIpc) is 2.36. The van der Waals surface area contributed by atoms with Crippen LogP contribution in [-0.2, 0) is 6.54 Å². The molecule has 0 bridgehead atoms. The van der Waals surface area contributed by atoms with Gasteiger partial charge in [-0.1, -0.05) is 6.07 Å². The van der Waals surface area contributed by atoms with Crippen molar-refractivity contribution in [2.45, 2.75) is 13.0 Å². The maximum absolute atomic E-state index is 13.7. The number of carbonyl (C=O) groups excluding carboxylic acids is 1. The van der Waals surface area contributed by atoms with Crippen LogP contribution in [0.3, 0.4) is 0 Å². The van der Waals surface area contributed by atoms with Crippen molar-refractivity contribution in [2.75, 3.05) is 32.1 Å². The van der Waals surface area contributed by atoms with Crippen molar-refractivity contribution >= 4 is 11.7 Å². The summed E-state index contributed by atoms with van der Waals surface area (Å²) in [5, 5.41) is 13.8. The maximum atomic E-state index is 13.7. The summed E-state index contributed by atoms with van der Waals surface area (Å²) in [6.45, 7) is 0.712. The Bertz CT molecular complexity index is 424. The maximum Gasteiger partial charge on any atom is 0.315 e. The van der Waals surface area contributed by atoms with Crippen LogP contribution in [0.5, 0.6) is 0 Å². The highest BCUT2D eigenvalue weighted by Crippen LogP contribution is 2.17. The number of carbonyl (C=O) groups is 1. The fourth-order valence-corrected chi connectivity index (χ4v) is 1.55. The van der Waals surface area contributed by atoms with Gasteiger partial charge in [-0.25, -0.2) is 9.18 Å². The largest absolute Gasteiger partial charge is 0.396 e. The van der Waals surface area contributed by atoms with Crippen molar-refractivity contribution in [2.24, 2.45) is 0 Å². The summed E-state index contributed by atoms with van der Waals surface area (Å²) in [6.07, 6.45) is 0.513. The van der Waals surface area contributed by atoms with E-state index in [1.807, 2.05) is 0 Å². The normalized spacial score (nSPS) is 10.1. The molecule has 0 fully saturated rings. The van der Waals surface area contributed by atoms with Crippen molar-refractivity contribution in [3.63, 3.8) is 0 Å². The average molecular weight is 269 g/mol. The second-order valence-electron chi connectivity index (χ2n) is 4.37. The molecule has 0 aliphatic carbocycles. The molecule has 1 aromatic rings. The fraction of sp³-hybridized carbons (Fsp3) is 0.462. The molecule has 0 unspecified atom stereocenters. The molecule has 5 nitrogen and oxygen atoms in total. The van der Waals surface area contributed by atoms with Gasteiger partial charge in [-0.05, 0) is 24.1 Å². The number of nitrogens with zero attached hydrogens (tertiary/aromatic N) is 1. The molecule has 0 saturated heterocycles. The summed E-state index contributed by atoms with van der Waals surface area (Å²) in [5.41, 5.74) is 1.21. The fourth-order valence-electron chi connectivity index (χ4n) is 1.55. The number of aliphatic hydroxyl groups is 1. The third kappa shape index (κ3) is 5.13. The second kappa shape index (κ2) is 7.58. The standard InChI is InChI=1S/C13H20FN3O2/c1-17(2)12-5-4-10(8-11(12)14)9-16-13(19)15-6-3-7-18/h4-5,8,18H,3,6-7,9H2,1-2H3,(H2,15,16,19). The highest BCUT2D eigenvalue weighted by Gasteiger charge is 2.06. The van der Waals surface area contributed by atoms with E-state index in [1.54, 1.807) is 31.1 Å². The summed E-state index contributed by atoms with van der Waals surface area (Å²) in [4.78, 5) is 13.0. The molecule has 3 N–H and O–H groups in total. The molecule has 0 aliphatic heterocycles. The second-order valence-corrected chi connectivity index (χ2v) is 4.37. The van der Waals surface area contributed by atoms with Crippen LogP contribution < -0.4 is 15.5 Å². The molecule has 0 atom stereocenters. The van der Waals surface area contributed by atoms with Gasteiger partial charge >= 0.3 is 6.03 Å². The molecule has 2 amide bonds. The molecule has 0 aromatic heterocycles. The van der Waals surface area contributed by atoms with Gasteiger partial charge in [-0.3, -0.25) is 0 Å². The summed E-state index contributed by atoms with van der Waals surface area (Å²) >= 11 is 0. The number of hydrogen-bond donors (Lipinski definition) is 3. The first-order valence-corrected chi connectivity index (χ1v) is 6.13. The minimum Gasteiger partial charge on any atom is -0.396 e. The monoisotopic (exact) mass is 269 g/mol. The van der Waals surface area contributed by atoms with Gasteiger partial charge in [0.05, 0.1) is 5.69 Å². The van der Waals surface area contributed by atoms with Gasteiger partial charge in [0.25, 0.3) is 0 Å². The summed E-state index contributed by atoms with van der Waals surface area (Å²) in [5.74, 6) is -0.315. The van der Waals surface area contributed by atoms with Gasteiger partial charge < -0.3 is 20.6 Å². The molecule has 19 heavy (non-hydrogen) atoms. The molecular weight excluding hydrogens is 249 g/mol. The molecule has 0 radical (unpaired) electrons. The zero-order valence-electron chi connectivity index (χ0n) is 11.2. The number of aliphatic hydroxyl groups excluding tert-OH is 1. The van der Waals surface area contributed by atoms with E-state index in [0.717, 1.165) is 0 Å². The number of anilines is 1. The number of rotatable bonds is 6. The smallest absolute Gasteiger partial charge is 0.315 e. The third-order valence-corrected chi connectivity index (χ3v) is 2.57. The first-order chi connectivity index (χ1) is 9.04. The Morgan fingerprint density at radius 2 is 2.11 bits per heavy atom. The van der Waals surface area contributed by atoms with Gasteiger partial charge in [0, 0.05) is 33.8 Å². The van der Waals surface area contributed by atoms with E-state index in [1.165, 1.54) is 6.07 Å². The lowest BCUT2D eigenvalue weighted by Gasteiger charge is -2.14. The Morgan fingerprint density at radius 3 is 2.68 bits per heavy atom. The number of urea groups is 1. The van der Waals surface area contributed by atoms with Crippen molar-refractivity contribution < 1.29 is 14.3 Å². The van der Waals surface area contributed by atoms with E-state index in [-0.39, 0.29) is 25.0 Å². The van der Waals surface area contributed by atoms with Gasteiger partial charge in [0.1, 0.15) is 5.82 Å². The molecule has 0 saturated carbocycles. The van der Waals surface area contributed by atoms with Crippen molar-refractivity contribution in [1.82, 2.24) is 10.6 Å². The molecule has 0 aliphatic rings. The molecule has 6 heteroatoms. The zero-order chi connectivity index (χ0) is 14.3. The zero-order valence-corrected chi connectivity index (χ0v) is 11.2. The van der Waals surface area contributed by atoms with Gasteiger partial charge in [0.2, 0.25) is 0 Å². The third-order valence-electron chi connectivity index (χ3n) is 2.57. The van der Waals surface area contributed by atoms with Crippen LogP contribution in [-0.4, -0.2) is 38.4 Å². The van der Waals surface area contributed by atoms with Gasteiger partial charge in [-0.15, -0.1) is 0 Å². The van der Waals surface area contributed by atoms with E-state index in [9.17, 15) is 9.18 Å².